The van der Waals surface area contributed by atoms with Gasteiger partial charge in [-0.3, -0.25) is 9.59 Å². The van der Waals surface area contributed by atoms with Gasteiger partial charge >= 0.3 is 5.97 Å². The van der Waals surface area contributed by atoms with Crippen LogP contribution in [0.15, 0.2) is 31.0 Å². The SMILES string of the molecule is C=CCOc1cccnc1C(=O)NCC1(C(=O)O)CCOCC1. The molecule has 1 saturated heterocycles. The van der Waals surface area contributed by atoms with Gasteiger partial charge in [-0.2, -0.15) is 0 Å². The van der Waals surface area contributed by atoms with Crippen LogP contribution in [0.2, 0.25) is 0 Å². The number of hydrogen-bond donors (Lipinski definition) is 2. The molecule has 1 aromatic rings. The lowest BCUT2D eigenvalue weighted by Gasteiger charge is -2.33. The van der Waals surface area contributed by atoms with Crippen molar-refractivity contribution >= 4 is 11.9 Å². The van der Waals surface area contributed by atoms with Crippen molar-refractivity contribution in [3.8, 4) is 5.75 Å². The number of carboxylic acids is 1. The van der Waals surface area contributed by atoms with Crippen LogP contribution >= 0.6 is 0 Å². The lowest BCUT2D eigenvalue weighted by molar-refractivity contribution is -0.154. The Morgan fingerprint density at radius 2 is 2.22 bits per heavy atom. The Labute approximate surface area is 134 Å². The van der Waals surface area contributed by atoms with E-state index in [0.717, 1.165) is 0 Å². The summed E-state index contributed by atoms with van der Waals surface area (Å²) in [6.45, 7) is 4.58. The number of nitrogens with zero attached hydrogens (tertiary/aromatic N) is 1. The zero-order valence-electron chi connectivity index (χ0n) is 12.8. The highest BCUT2D eigenvalue weighted by Gasteiger charge is 2.40. The average molecular weight is 320 g/mol. The average Bonchev–Trinajstić information content (AvgIpc) is 2.58. The summed E-state index contributed by atoms with van der Waals surface area (Å²) in [7, 11) is 0. The molecule has 1 aliphatic heterocycles. The van der Waals surface area contributed by atoms with Crippen LogP contribution in [0.25, 0.3) is 0 Å². The molecule has 1 fully saturated rings. The van der Waals surface area contributed by atoms with E-state index in [1.807, 2.05) is 0 Å². The zero-order chi connectivity index (χ0) is 16.7. The Kier molecular flexibility index (Phi) is 5.70. The molecule has 1 aromatic heterocycles. The molecule has 23 heavy (non-hydrogen) atoms. The Morgan fingerprint density at radius 1 is 1.48 bits per heavy atom. The van der Waals surface area contributed by atoms with Crippen molar-refractivity contribution in [2.75, 3.05) is 26.4 Å². The summed E-state index contributed by atoms with van der Waals surface area (Å²) in [5.74, 6) is -1.05. The number of nitrogens with one attached hydrogen (secondary N) is 1. The minimum Gasteiger partial charge on any atom is -0.487 e. The largest absolute Gasteiger partial charge is 0.487 e. The highest BCUT2D eigenvalue weighted by atomic mass is 16.5. The summed E-state index contributed by atoms with van der Waals surface area (Å²) < 4.78 is 10.6. The van der Waals surface area contributed by atoms with Crippen LogP contribution in [0.3, 0.4) is 0 Å². The first-order valence-electron chi connectivity index (χ1n) is 7.37. The molecule has 7 heteroatoms. The molecule has 0 aromatic carbocycles. The summed E-state index contributed by atoms with van der Waals surface area (Å²) in [6, 6.07) is 3.29. The van der Waals surface area contributed by atoms with Gasteiger partial charge in [0, 0.05) is 26.0 Å². The predicted molar refractivity (Wildman–Crippen MR) is 82.4 cm³/mol. The lowest BCUT2D eigenvalue weighted by Crippen LogP contribution is -2.46. The van der Waals surface area contributed by atoms with Crippen molar-refractivity contribution in [3.63, 3.8) is 0 Å². The van der Waals surface area contributed by atoms with E-state index in [-0.39, 0.29) is 18.8 Å². The van der Waals surface area contributed by atoms with Crippen LogP contribution in [-0.4, -0.2) is 48.3 Å². The summed E-state index contributed by atoms with van der Waals surface area (Å²) in [6.07, 6.45) is 3.78. The standard InChI is InChI=1S/C16H20N2O5/c1-2-8-23-12-4-3-7-17-13(12)14(19)18-11-16(15(20)21)5-9-22-10-6-16/h2-4,7H,1,5-6,8-11H2,(H,18,19)(H,20,21). The summed E-state index contributed by atoms with van der Waals surface area (Å²) in [5.41, 5.74) is -0.868. The van der Waals surface area contributed by atoms with Crippen LogP contribution in [-0.2, 0) is 9.53 Å². The molecular formula is C16H20N2O5. The number of amides is 1. The van der Waals surface area contributed by atoms with Crippen molar-refractivity contribution in [3.05, 3.63) is 36.7 Å². The van der Waals surface area contributed by atoms with Crippen molar-refractivity contribution < 1.29 is 24.2 Å². The normalized spacial score (nSPS) is 16.3. The molecule has 7 nitrogen and oxygen atoms in total. The molecule has 124 valence electrons. The van der Waals surface area contributed by atoms with E-state index >= 15 is 0 Å². The van der Waals surface area contributed by atoms with Crippen LogP contribution in [0.5, 0.6) is 5.75 Å². The predicted octanol–water partition coefficient (Wildman–Crippen LogP) is 1.26. The van der Waals surface area contributed by atoms with Crippen molar-refractivity contribution in [2.24, 2.45) is 5.41 Å². The Morgan fingerprint density at radius 3 is 2.87 bits per heavy atom. The highest BCUT2D eigenvalue weighted by molar-refractivity contribution is 5.95. The molecule has 2 rings (SSSR count). The van der Waals surface area contributed by atoms with E-state index < -0.39 is 17.3 Å². The second-order valence-electron chi connectivity index (χ2n) is 5.33. The number of pyridine rings is 1. The molecule has 2 heterocycles. The maximum atomic E-state index is 12.3. The summed E-state index contributed by atoms with van der Waals surface area (Å²) in [4.78, 5) is 27.9. The van der Waals surface area contributed by atoms with Crippen molar-refractivity contribution in [1.82, 2.24) is 10.3 Å². The van der Waals surface area contributed by atoms with Gasteiger partial charge in [-0.25, -0.2) is 4.98 Å². The third kappa shape index (κ3) is 4.07. The zero-order valence-corrected chi connectivity index (χ0v) is 12.8. The van der Waals surface area contributed by atoms with Gasteiger partial charge in [-0.1, -0.05) is 12.7 Å². The summed E-state index contributed by atoms with van der Waals surface area (Å²) >= 11 is 0. The number of rotatable bonds is 7. The minimum atomic E-state index is -0.995. The minimum absolute atomic E-state index is 0.0298. The lowest BCUT2D eigenvalue weighted by atomic mass is 9.80. The quantitative estimate of drug-likeness (QED) is 0.734. The maximum absolute atomic E-state index is 12.3. The monoisotopic (exact) mass is 320 g/mol. The first-order chi connectivity index (χ1) is 11.1. The van der Waals surface area contributed by atoms with Crippen LogP contribution < -0.4 is 10.1 Å². The van der Waals surface area contributed by atoms with E-state index in [4.69, 9.17) is 9.47 Å². The highest BCUT2D eigenvalue weighted by Crippen LogP contribution is 2.30. The first-order valence-corrected chi connectivity index (χ1v) is 7.37. The van der Waals surface area contributed by atoms with Gasteiger partial charge < -0.3 is 19.9 Å². The molecule has 2 N–H and O–H groups in total. The van der Waals surface area contributed by atoms with Gasteiger partial charge in [-0.15, -0.1) is 0 Å². The Bertz CT molecular complexity index is 582. The Balaban J connectivity index is 2.06. The second-order valence-corrected chi connectivity index (χ2v) is 5.33. The number of ether oxygens (including phenoxy) is 2. The second kappa shape index (κ2) is 7.73. The molecule has 0 spiro atoms. The smallest absolute Gasteiger partial charge is 0.311 e. The number of carbonyl (C=O) groups is 2. The van der Waals surface area contributed by atoms with Gasteiger partial charge in [0.15, 0.2) is 11.4 Å². The first kappa shape index (κ1) is 17.0. The number of hydrogen-bond acceptors (Lipinski definition) is 5. The Hall–Kier alpha value is -2.41. The number of carbonyl (C=O) groups excluding carboxylic acids is 1. The molecule has 1 aliphatic rings. The van der Waals surface area contributed by atoms with Gasteiger partial charge in [0.1, 0.15) is 6.61 Å². The number of aliphatic carboxylic acids is 1. The molecule has 0 atom stereocenters. The fraction of sp³-hybridized carbons (Fsp3) is 0.438. The van der Waals surface area contributed by atoms with Crippen LogP contribution in [0, 0.1) is 5.41 Å². The third-order valence-electron chi connectivity index (χ3n) is 3.83. The van der Waals surface area contributed by atoms with E-state index in [1.165, 1.54) is 6.20 Å². The number of aromatic nitrogens is 1. The van der Waals surface area contributed by atoms with Crippen LogP contribution in [0.1, 0.15) is 23.3 Å². The molecule has 0 radical (unpaired) electrons. The molecule has 0 saturated carbocycles. The molecule has 0 aliphatic carbocycles. The van der Waals surface area contributed by atoms with E-state index in [2.05, 4.69) is 16.9 Å². The topological polar surface area (TPSA) is 97.8 Å². The van der Waals surface area contributed by atoms with Gasteiger partial charge in [-0.05, 0) is 25.0 Å². The van der Waals surface area contributed by atoms with Crippen molar-refractivity contribution in [2.45, 2.75) is 12.8 Å². The molecular weight excluding hydrogens is 300 g/mol. The van der Waals surface area contributed by atoms with Gasteiger partial charge in [0.05, 0.1) is 5.41 Å². The molecule has 0 unspecified atom stereocenters. The number of carboxylic acid groups (broad SMARTS) is 1. The summed E-state index contributed by atoms with van der Waals surface area (Å²) in [5, 5.41) is 12.1. The fourth-order valence-electron chi connectivity index (χ4n) is 2.39. The van der Waals surface area contributed by atoms with Crippen molar-refractivity contribution in [1.29, 1.82) is 0 Å². The fourth-order valence-corrected chi connectivity index (χ4v) is 2.39. The van der Waals surface area contributed by atoms with Crippen LogP contribution in [0.4, 0.5) is 0 Å². The molecule has 1 amide bonds. The van der Waals surface area contributed by atoms with E-state index in [0.29, 0.717) is 31.8 Å². The third-order valence-corrected chi connectivity index (χ3v) is 3.83. The van der Waals surface area contributed by atoms with E-state index in [9.17, 15) is 14.7 Å². The molecule has 0 bridgehead atoms. The van der Waals surface area contributed by atoms with Gasteiger partial charge in [0.25, 0.3) is 5.91 Å². The van der Waals surface area contributed by atoms with Gasteiger partial charge in [0.2, 0.25) is 0 Å². The maximum Gasteiger partial charge on any atom is 0.311 e. The van der Waals surface area contributed by atoms with E-state index in [1.54, 1.807) is 18.2 Å².